The molecule has 74 valence electrons. The van der Waals surface area contributed by atoms with Crippen molar-refractivity contribution in [3.8, 4) is 0 Å². The normalized spacial score (nSPS) is 51.7. The van der Waals surface area contributed by atoms with Crippen LogP contribution in [0.1, 0.15) is 0 Å². The SMILES string of the molecule is O=C(O)C12C=CC3SC3C1([N+](=O)[O-])S2. The fraction of sp³-hybridized carbons (Fsp3) is 0.571. The average molecular weight is 231 g/mol. The second-order valence-electron chi connectivity index (χ2n) is 3.48. The molecule has 0 saturated carbocycles. The van der Waals surface area contributed by atoms with Crippen molar-refractivity contribution >= 4 is 29.5 Å². The Morgan fingerprint density at radius 1 is 1.64 bits per heavy atom. The lowest BCUT2D eigenvalue weighted by Gasteiger charge is -2.11. The summed E-state index contributed by atoms with van der Waals surface area (Å²) in [7, 11) is 0. The van der Waals surface area contributed by atoms with Gasteiger partial charge < -0.3 is 5.11 Å². The lowest BCUT2D eigenvalue weighted by molar-refractivity contribution is -0.526. The monoisotopic (exact) mass is 231 g/mol. The smallest absolute Gasteiger partial charge is 0.332 e. The minimum atomic E-state index is -1.29. The highest BCUT2D eigenvalue weighted by Crippen LogP contribution is 2.76. The minimum absolute atomic E-state index is 0.149. The van der Waals surface area contributed by atoms with Gasteiger partial charge in [0.2, 0.25) is 4.75 Å². The van der Waals surface area contributed by atoms with Crippen LogP contribution in [0.3, 0.4) is 0 Å². The third kappa shape index (κ3) is 0.672. The van der Waals surface area contributed by atoms with Gasteiger partial charge in [-0.2, -0.15) is 0 Å². The van der Waals surface area contributed by atoms with Gasteiger partial charge >= 0.3 is 10.8 Å². The van der Waals surface area contributed by atoms with Gasteiger partial charge in [-0.3, -0.25) is 14.9 Å². The van der Waals surface area contributed by atoms with Gasteiger partial charge in [-0.25, -0.2) is 0 Å². The summed E-state index contributed by atoms with van der Waals surface area (Å²) in [5, 5.41) is 19.9. The highest BCUT2D eigenvalue weighted by atomic mass is 32.2. The van der Waals surface area contributed by atoms with Crippen LogP contribution in [-0.4, -0.2) is 36.1 Å². The molecule has 14 heavy (non-hydrogen) atoms. The first kappa shape index (κ1) is 8.60. The third-order valence-corrected chi connectivity index (χ3v) is 6.11. The molecule has 0 aromatic carbocycles. The summed E-state index contributed by atoms with van der Waals surface area (Å²) in [4.78, 5) is 20.2. The first-order valence-corrected chi connectivity index (χ1v) is 5.73. The molecule has 0 radical (unpaired) electrons. The molecule has 2 fully saturated rings. The van der Waals surface area contributed by atoms with Gasteiger partial charge in [-0.05, 0) is 11.8 Å². The Morgan fingerprint density at radius 2 is 2.36 bits per heavy atom. The molecule has 2 aliphatic heterocycles. The van der Waals surface area contributed by atoms with Crippen molar-refractivity contribution < 1.29 is 14.8 Å². The molecule has 2 saturated heterocycles. The Kier molecular flexibility index (Phi) is 1.30. The van der Waals surface area contributed by atoms with E-state index in [2.05, 4.69) is 0 Å². The summed E-state index contributed by atoms with van der Waals surface area (Å²) in [5.74, 6) is -1.10. The summed E-state index contributed by atoms with van der Waals surface area (Å²) in [6, 6.07) is 0. The maximum atomic E-state index is 11.0. The first-order valence-electron chi connectivity index (χ1n) is 3.97. The van der Waals surface area contributed by atoms with Crippen molar-refractivity contribution in [3.63, 3.8) is 0 Å². The summed E-state index contributed by atoms with van der Waals surface area (Å²) in [5.41, 5.74) is 0. The largest absolute Gasteiger partial charge is 0.480 e. The number of thioether (sulfide) groups is 2. The Morgan fingerprint density at radius 3 is 2.93 bits per heavy atom. The molecule has 2 heterocycles. The maximum absolute atomic E-state index is 11.0. The Labute approximate surface area is 87.1 Å². The quantitative estimate of drug-likeness (QED) is 0.324. The van der Waals surface area contributed by atoms with E-state index in [1.165, 1.54) is 17.8 Å². The summed E-state index contributed by atoms with van der Waals surface area (Å²) in [6.07, 6.45) is 3.27. The van der Waals surface area contributed by atoms with Crippen molar-refractivity contribution in [1.82, 2.24) is 0 Å². The van der Waals surface area contributed by atoms with Gasteiger partial charge in [0, 0.05) is 10.2 Å². The number of nitrogens with zero attached hydrogens (tertiary/aromatic N) is 1. The lowest BCUT2D eigenvalue weighted by Crippen LogP contribution is -2.44. The van der Waals surface area contributed by atoms with Gasteiger partial charge in [0.1, 0.15) is 5.25 Å². The molecule has 4 atom stereocenters. The number of carboxylic acids is 1. The number of fused-ring (bicyclic) bond motifs is 3. The molecule has 4 unspecified atom stereocenters. The number of hydrogen-bond donors (Lipinski definition) is 1. The van der Waals surface area contributed by atoms with Crippen LogP contribution in [0.25, 0.3) is 0 Å². The molecule has 1 aliphatic carbocycles. The molecule has 0 spiro atoms. The van der Waals surface area contributed by atoms with E-state index in [0.717, 1.165) is 11.8 Å². The van der Waals surface area contributed by atoms with E-state index in [-0.39, 0.29) is 10.5 Å². The van der Waals surface area contributed by atoms with Crippen LogP contribution < -0.4 is 0 Å². The highest BCUT2D eigenvalue weighted by Gasteiger charge is 2.91. The molecular weight excluding hydrogens is 226 g/mol. The van der Waals surface area contributed by atoms with Gasteiger partial charge in [-0.15, -0.1) is 11.8 Å². The van der Waals surface area contributed by atoms with Gasteiger partial charge in [0.05, 0.1) is 0 Å². The van der Waals surface area contributed by atoms with Crippen molar-refractivity contribution in [3.05, 3.63) is 22.3 Å². The standard InChI is InChI=1S/C7H5NO4S2/c9-5(10)6-2-1-3-4(13-3)7(6,14-6)8(11)12/h1-4H,(H,9,10). The lowest BCUT2D eigenvalue weighted by atomic mass is 9.91. The topological polar surface area (TPSA) is 80.4 Å². The molecule has 5 nitrogen and oxygen atoms in total. The van der Waals surface area contributed by atoms with E-state index in [9.17, 15) is 14.9 Å². The minimum Gasteiger partial charge on any atom is -0.480 e. The van der Waals surface area contributed by atoms with Crippen LogP contribution in [0, 0.1) is 10.1 Å². The summed E-state index contributed by atoms with van der Waals surface area (Å²) in [6.45, 7) is 0. The van der Waals surface area contributed by atoms with E-state index >= 15 is 0 Å². The molecule has 0 aromatic heterocycles. The Bertz CT molecular complexity index is 397. The zero-order valence-electron chi connectivity index (χ0n) is 6.75. The number of carboxylic acid groups (broad SMARTS) is 1. The number of rotatable bonds is 2. The second kappa shape index (κ2) is 2.11. The average Bonchev–Trinajstić information content (AvgIpc) is 2.96. The van der Waals surface area contributed by atoms with Crippen LogP contribution in [0.5, 0.6) is 0 Å². The molecule has 0 amide bonds. The van der Waals surface area contributed by atoms with Crippen LogP contribution in [0.4, 0.5) is 0 Å². The van der Waals surface area contributed by atoms with E-state index in [4.69, 9.17) is 5.11 Å². The molecule has 0 bridgehead atoms. The van der Waals surface area contributed by atoms with Crippen LogP contribution in [0.2, 0.25) is 0 Å². The maximum Gasteiger partial charge on any atom is 0.332 e. The van der Waals surface area contributed by atoms with Crippen molar-refractivity contribution in [2.45, 2.75) is 20.1 Å². The Balaban J connectivity index is 2.11. The predicted molar refractivity (Wildman–Crippen MR) is 52.0 cm³/mol. The van der Waals surface area contributed by atoms with E-state index in [1.54, 1.807) is 6.08 Å². The predicted octanol–water partition coefficient (Wildman–Crippen LogP) is 0.583. The highest BCUT2D eigenvalue weighted by molar-refractivity contribution is 8.14. The van der Waals surface area contributed by atoms with Gasteiger partial charge in [0.25, 0.3) is 0 Å². The number of hydrogen-bond acceptors (Lipinski definition) is 5. The number of nitro groups is 1. The Hall–Kier alpha value is -0.690. The zero-order valence-corrected chi connectivity index (χ0v) is 8.38. The van der Waals surface area contributed by atoms with Crippen molar-refractivity contribution in [1.29, 1.82) is 0 Å². The second-order valence-corrected chi connectivity index (χ2v) is 6.27. The fourth-order valence-corrected chi connectivity index (χ4v) is 5.00. The third-order valence-electron chi connectivity index (χ3n) is 2.83. The summed E-state index contributed by atoms with van der Waals surface area (Å²) < 4.78 is -1.29. The van der Waals surface area contributed by atoms with E-state index in [1.807, 2.05) is 0 Å². The summed E-state index contributed by atoms with van der Waals surface area (Å²) >= 11 is 2.43. The van der Waals surface area contributed by atoms with Crippen LogP contribution >= 0.6 is 23.5 Å². The van der Waals surface area contributed by atoms with E-state index in [0.29, 0.717) is 0 Å². The molecule has 3 rings (SSSR count). The zero-order chi connectivity index (χ0) is 10.1. The number of aliphatic carboxylic acids is 1. The van der Waals surface area contributed by atoms with Gasteiger partial charge in [0.15, 0.2) is 0 Å². The number of carbonyl (C=O) groups is 1. The first-order chi connectivity index (χ1) is 6.54. The van der Waals surface area contributed by atoms with Gasteiger partial charge in [-0.1, -0.05) is 12.2 Å². The van der Waals surface area contributed by atoms with Crippen LogP contribution in [0.15, 0.2) is 12.2 Å². The van der Waals surface area contributed by atoms with Crippen molar-refractivity contribution in [2.24, 2.45) is 0 Å². The molecule has 3 aliphatic rings. The van der Waals surface area contributed by atoms with E-state index < -0.39 is 20.5 Å². The molecule has 0 aromatic rings. The van der Waals surface area contributed by atoms with Crippen LogP contribution in [-0.2, 0) is 4.79 Å². The van der Waals surface area contributed by atoms with Crippen molar-refractivity contribution in [2.75, 3.05) is 0 Å². The fourth-order valence-electron chi connectivity index (χ4n) is 2.00. The molecular formula is C7H5NO4S2. The molecule has 1 N–H and O–H groups in total. The molecule has 7 heteroatoms.